The number of sulfonamides is 1. The van der Waals surface area contributed by atoms with Gasteiger partial charge in [-0.3, -0.25) is 9.40 Å². The minimum atomic E-state index is -4.20. The second kappa shape index (κ2) is 5.80. The smallest absolute Gasteiger partial charge is 0.265 e. The maximum absolute atomic E-state index is 13.6. The van der Waals surface area contributed by atoms with Crippen molar-refractivity contribution in [3.63, 3.8) is 0 Å². The highest BCUT2D eigenvalue weighted by Gasteiger charge is 2.22. The van der Waals surface area contributed by atoms with Gasteiger partial charge in [-0.05, 0) is 18.1 Å². The van der Waals surface area contributed by atoms with Gasteiger partial charge in [-0.2, -0.15) is 5.10 Å². The van der Waals surface area contributed by atoms with Crippen LogP contribution in [-0.2, 0) is 16.6 Å². The highest BCUT2D eigenvalue weighted by atomic mass is 32.2. The van der Waals surface area contributed by atoms with E-state index in [1.54, 1.807) is 4.68 Å². The monoisotopic (exact) mass is 315 g/mol. The van der Waals surface area contributed by atoms with Crippen LogP contribution in [0.2, 0.25) is 0 Å². The van der Waals surface area contributed by atoms with Crippen LogP contribution < -0.4 is 4.72 Å². The van der Waals surface area contributed by atoms with Gasteiger partial charge in [-0.1, -0.05) is 19.9 Å². The Balaban J connectivity index is 2.25. The molecule has 0 saturated heterocycles. The number of aromatic nitrogens is 2. The first-order valence-corrected chi connectivity index (χ1v) is 7.77. The van der Waals surface area contributed by atoms with E-state index in [1.165, 1.54) is 12.4 Å². The minimum absolute atomic E-state index is 0.194. The molecule has 8 heteroatoms. The molecular formula is C13H15F2N3O2S. The predicted octanol–water partition coefficient (Wildman–Crippen LogP) is 2.62. The molecule has 0 fully saturated rings. The maximum Gasteiger partial charge on any atom is 0.265 e. The van der Waals surface area contributed by atoms with Crippen molar-refractivity contribution in [2.24, 2.45) is 5.92 Å². The van der Waals surface area contributed by atoms with Gasteiger partial charge in [-0.15, -0.1) is 0 Å². The molecule has 0 atom stereocenters. The van der Waals surface area contributed by atoms with Crippen LogP contribution in [0.25, 0.3) is 0 Å². The van der Waals surface area contributed by atoms with E-state index in [9.17, 15) is 17.2 Å². The molecule has 5 nitrogen and oxygen atoms in total. The number of benzene rings is 1. The predicted molar refractivity (Wildman–Crippen MR) is 74.2 cm³/mol. The fraction of sp³-hybridized carbons (Fsp3) is 0.308. The molecule has 2 rings (SSSR count). The summed E-state index contributed by atoms with van der Waals surface area (Å²) in [6, 6.07) is 2.99. The van der Waals surface area contributed by atoms with Crippen LogP contribution in [0.3, 0.4) is 0 Å². The summed E-state index contributed by atoms with van der Waals surface area (Å²) in [5.74, 6) is -2.28. The van der Waals surface area contributed by atoms with Crippen molar-refractivity contribution in [2.45, 2.75) is 25.3 Å². The third kappa shape index (κ3) is 3.57. The molecule has 1 aromatic carbocycles. The van der Waals surface area contributed by atoms with Crippen molar-refractivity contribution in [3.05, 3.63) is 42.2 Å². The molecule has 2 aromatic rings. The first kappa shape index (κ1) is 15.4. The normalized spacial score (nSPS) is 11.9. The van der Waals surface area contributed by atoms with Crippen molar-refractivity contribution in [2.75, 3.05) is 4.72 Å². The Morgan fingerprint density at radius 3 is 2.71 bits per heavy atom. The van der Waals surface area contributed by atoms with Crippen LogP contribution in [0, 0.1) is 17.6 Å². The zero-order chi connectivity index (χ0) is 15.6. The van der Waals surface area contributed by atoms with Gasteiger partial charge < -0.3 is 0 Å². The summed E-state index contributed by atoms with van der Waals surface area (Å²) in [6.07, 6.45) is 2.81. The van der Waals surface area contributed by atoms with Crippen LogP contribution in [-0.4, -0.2) is 18.2 Å². The lowest BCUT2D eigenvalue weighted by molar-refractivity contribution is 0.483. The fourth-order valence-electron chi connectivity index (χ4n) is 1.79. The van der Waals surface area contributed by atoms with E-state index in [-0.39, 0.29) is 5.69 Å². The van der Waals surface area contributed by atoms with Gasteiger partial charge in [-0.25, -0.2) is 17.2 Å². The Morgan fingerprint density at radius 1 is 1.33 bits per heavy atom. The maximum atomic E-state index is 13.6. The van der Waals surface area contributed by atoms with Crippen LogP contribution in [0.4, 0.5) is 14.5 Å². The van der Waals surface area contributed by atoms with Crippen LogP contribution in [0.5, 0.6) is 0 Å². The van der Waals surface area contributed by atoms with E-state index in [2.05, 4.69) is 9.82 Å². The lowest BCUT2D eigenvalue weighted by atomic mass is 10.2. The lowest BCUT2D eigenvalue weighted by Crippen LogP contribution is -2.15. The van der Waals surface area contributed by atoms with E-state index in [1.807, 2.05) is 13.8 Å². The van der Waals surface area contributed by atoms with E-state index in [0.717, 1.165) is 18.2 Å². The van der Waals surface area contributed by atoms with Crippen molar-refractivity contribution >= 4 is 15.7 Å². The number of hydrogen-bond acceptors (Lipinski definition) is 3. The second-order valence-electron chi connectivity index (χ2n) is 5.00. The quantitative estimate of drug-likeness (QED) is 0.922. The molecular weight excluding hydrogens is 300 g/mol. The SMILES string of the molecule is CC(C)Cn1cc(NS(=O)(=O)c2cccc(F)c2F)cn1. The molecule has 0 unspecified atom stereocenters. The van der Waals surface area contributed by atoms with Gasteiger partial charge in [0.1, 0.15) is 4.90 Å². The van der Waals surface area contributed by atoms with Crippen molar-refractivity contribution < 1.29 is 17.2 Å². The molecule has 114 valence electrons. The number of halogens is 2. The number of anilines is 1. The summed E-state index contributed by atoms with van der Waals surface area (Å²) < 4.78 is 54.5. The summed E-state index contributed by atoms with van der Waals surface area (Å²) in [5.41, 5.74) is 0.194. The number of nitrogens with zero attached hydrogens (tertiary/aromatic N) is 2. The highest BCUT2D eigenvalue weighted by molar-refractivity contribution is 7.92. The minimum Gasteiger partial charge on any atom is -0.276 e. The number of rotatable bonds is 5. The van der Waals surface area contributed by atoms with Gasteiger partial charge in [0.15, 0.2) is 11.6 Å². The molecule has 0 bridgehead atoms. The lowest BCUT2D eigenvalue weighted by Gasteiger charge is -2.07. The summed E-state index contributed by atoms with van der Waals surface area (Å²) in [6.45, 7) is 4.61. The average Bonchev–Trinajstić information content (AvgIpc) is 2.78. The van der Waals surface area contributed by atoms with E-state index in [0.29, 0.717) is 12.5 Å². The van der Waals surface area contributed by atoms with Crippen LogP contribution >= 0.6 is 0 Å². The van der Waals surface area contributed by atoms with Gasteiger partial charge in [0.25, 0.3) is 10.0 Å². The average molecular weight is 315 g/mol. The van der Waals surface area contributed by atoms with Crippen molar-refractivity contribution in [1.29, 1.82) is 0 Å². The van der Waals surface area contributed by atoms with Gasteiger partial charge in [0, 0.05) is 12.7 Å². The highest BCUT2D eigenvalue weighted by Crippen LogP contribution is 2.20. The molecule has 1 aromatic heterocycles. The second-order valence-corrected chi connectivity index (χ2v) is 6.65. The Labute approximate surface area is 121 Å². The zero-order valence-corrected chi connectivity index (χ0v) is 12.4. The van der Waals surface area contributed by atoms with Gasteiger partial charge in [0.2, 0.25) is 0 Å². The molecule has 21 heavy (non-hydrogen) atoms. The summed E-state index contributed by atoms with van der Waals surface area (Å²) in [4.78, 5) is -0.737. The van der Waals surface area contributed by atoms with E-state index >= 15 is 0 Å². The number of hydrogen-bond donors (Lipinski definition) is 1. The largest absolute Gasteiger partial charge is 0.276 e. The molecule has 0 amide bonds. The molecule has 0 radical (unpaired) electrons. The van der Waals surface area contributed by atoms with E-state index in [4.69, 9.17) is 0 Å². The zero-order valence-electron chi connectivity index (χ0n) is 11.5. The third-order valence-electron chi connectivity index (χ3n) is 2.64. The molecule has 1 heterocycles. The Morgan fingerprint density at radius 2 is 2.05 bits per heavy atom. The topological polar surface area (TPSA) is 64.0 Å². The molecule has 0 spiro atoms. The molecule has 0 aliphatic rings. The Kier molecular flexibility index (Phi) is 4.26. The Bertz CT molecular complexity index is 742. The molecule has 0 saturated carbocycles. The van der Waals surface area contributed by atoms with Crippen molar-refractivity contribution in [3.8, 4) is 0 Å². The number of nitrogens with one attached hydrogen (secondary N) is 1. The first-order chi connectivity index (χ1) is 9.79. The first-order valence-electron chi connectivity index (χ1n) is 6.29. The standard InChI is InChI=1S/C13H15F2N3O2S/c1-9(2)7-18-8-10(6-16-18)17-21(19,20)12-5-3-4-11(14)13(12)15/h3-6,8-9,17H,7H2,1-2H3. The van der Waals surface area contributed by atoms with Gasteiger partial charge in [0.05, 0.1) is 11.9 Å². The van der Waals surface area contributed by atoms with Crippen LogP contribution in [0.1, 0.15) is 13.8 Å². The van der Waals surface area contributed by atoms with Crippen molar-refractivity contribution in [1.82, 2.24) is 9.78 Å². The molecule has 0 aliphatic carbocycles. The summed E-state index contributed by atoms with van der Waals surface area (Å²) in [5, 5.41) is 4.00. The molecule has 1 N–H and O–H groups in total. The van der Waals surface area contributed by atoms with Gasteiger partial charge >= 0.3 is 0 Å². The molecule has 0 aliphatic heterocycles. The third-order valence-corrected chi connectivity index (χ3v) is 4.04. The summed E-state index contributed by atoms with van der Waals surface area (Å²) >= 11 is 0. The fourth-order valence-corrected chi connectivity index (χ4v) is 2.91. The summed E-state index contributed by atoms with van der Waals surface area (Å²) in [7, 11) is -4.20. The van der Waals surface area contributed by atoms with Crippen LogP contribution in [0.15, 0.2) is 35.5 Å². The Hall–Kier alpha value is -1.96. The van der Waals surface area contributed by atoms with E-state index < -0.39 is 26.6 Å².